The van der Waals surface area contributed by atoms with Gasteiger partial charge in [-0.1, -0.05) is 23.7 Å². The molecule has 5 N–H and O–H groups in total. The Kier molecular flexibility index (Phi) is 6.26. The number of nitrogens with one attached hydrogen (secondary N) is 5. The molecule has 1 aliphatic rings. The highest BCUT2D eigenvalue weighted by Crippen LogP contribution is 2.27. The predicted octanol–water partition coefficient (Wildman–Crippen LogP) is 4.81. The quantitative estimate of drug-likeness (QED) is 0.259. The third-order valence-corrected chi connectivity index (χ3v) is 4.70. The fourth-order valence-corrected chi connectivity index (χ4v) is 3.02. The van der Waals surface area contributed by atoms with E-state index in [1.54, 1.807) is 31.2 Å². The molecule has 0 amide bonds. The Morgan fingerprint density at radius 1 is 1.06 bits per heavy atom. The van der Waals surface area contributed by atoms with E-state index in [2.05, 4.69) is 52.3 Å². The van der Waals surface area contributed by atoms with Gasteiger partial charge in [-0.25, -0.2) is 4.39 Å². The molecule has 1 aromatic heterocycles. The van der Waals surface area contributed by atoms with Crippen LogP contribution in [0.25, 0.3) is 0 Å². The summed E-state index contributed by atoms with van der Waals surface area (Å²) in [5.74, 6) is -0.0116. The van der Waals surface area contributed by atoms with Gasteiger partial charge in [0.2, 0.25) is 12.0 Å². The molecule has 1 aliphatic heterocycles. The van der Waals surface area contributed by atoms with Crippen LogP contribution >= 0.6 is 11.6 Å². The number of nitrogens with zero attached hydrogens (tertiary/aromatic N) is 5. The molecule has 0 spiro atoms. The summed E-state index contributed by atoms with van der Waals surface area (Å²) < 4.78 is 13.4. The average Bonchev–Trinajstić information content (AvgIpc) is 3.31. The van der Waals surface area contributed by atoms with Crippen LogP contribution in [-0.2, 0) is 0 Å². The molecule has 1 unspecified atom stereocenters. The van der Waals surface area contributed by atoms with Gasteiger partial charge in [0.15, 0.2) is 0 Å². The van der Waals surface area contributed by atoms with Crippen LogP contribution in [0, 0.1) is 12.7 Å². The van der Waals surface area contributed by atoms with Crippen molar-refractivity contribution in [3.8, 4) is 0 Å². The molecule has 10 nitrogen and oxygen atoms in total. The van der Waals surface area contributed by atoms with Crippen molar-refractivity contribution in [1.29, 1.82) is 0 Å². The summed E-state index contributed by atoms with van der Waals surface area (Å²) in [5, 5.41) is 24.6. The maximum absolute atomic E-state index is 13.4. The van der Waals surface area contributed by atoms with E-state index < -0.39 is 6.17 Å². The van der Waals surface area contributed by atoms with Gasteiger partial charge < -0.3 is 5.43 Å². The van der Waals surface area contributed by atoms with Crippen LogP contribution in [-0.4, -0.2) is 27.8 Å². The molecule has 0 aliphatic carbocycles. The van der Waals surface area contributed by atoms with Crippen LogP contribution in [0.4, 0.5) is 27.3 Å². The minimum absolute atomic E-state index is 0.348. The van der Waals surface area contributed by atoms with Gasteiger partial charge in [-0.3, -0.25) is 21.4 Å². The van der Waals surface area contributed by atoms with E-state index in [1.807, 2.05) is 19.1 Å². The first-order valence-electron chi connectivity index (χ1n) is 9.62. The number of halogens is 2. The first kappa shape index (κ1) is 21.2. The van der Waals surface area contributed by atoms with Gasteiger partial charge in [0.1, 0.15) is 17.2 Å². The number of anilines is 3. The van der Waals surface area contributed by atoms with Gasteiger partial charge in [0.05, 0.1) is 22.8 Å². The maximum atomic E-state index is 13.4. The number of aromatic amines is 1. The topological polar surface area (TPSA) is 126 Å². The first-order valence-corrected chi connectivity index (χ1v) is 10.00. The van der Waals surface area contributed by atoms with Gasteiger partial charge in [-0.2, -0.15) is 20.4 Å². The minimum atomic E-state index is -0.623. The van der Waals surface area contributed by atoms with Crippen molar-refractivity contribution in [2.45, 2.75) is 20.0 Å². The molecule has 1 atom stereocenters. The van der Waals surface area contributed by atoms with Crippen molar-refractivity contribution in [1.82, 2.24) is 15.6 Å². The molecular formula is C20H20ClFN10. The number of hydrazone groups is 2. The lowest BCUT2D eigenvalue weighted by atomic mass is 10.2. The number of rotatable bonds is 7. The van der Waals surface area contributed by atoms with Crippen LogP contribution in [0.5, 0.6) is 0 Å². The van der Waals surface area contributed by atoms with Crippen molar-refractivity contribution in [2.24, 2.45) is 20.4 Å². The Balaban J connectivity index is 1.47. The number of azo groups is 1. The third-order valence-electron chi connectivity index (χ3n) is 4.47. The van der Waals surface area contributed by atoms with Gasteiger partial charge >= 0.3 is 0 Å². The molecule has 0 saturated heterocycles. The standard InChI is InChI=1S/C20H20ClFN10/c1-11-17(27-25-15-7-3-5-13(21)9-15)19(29-23-11)31-32-20-18(12(2)24-30-20)28-26-16-8-4-6-14(22)10-16/h3-10,20,25-27,30H,1-2H3,(H,23,29). The molecule has 0 radical (unpaired) electrons. The number of hydrazine groups is 1. The molecule has 32 heavy (non-hydrogen) atoms. The highest BCUT2D eigenvalue weighted by atomic mass is 35.5. The Morgan fingerprint density at radius 2 is 1.88 bits per heavy atom. The average molecular weight is 455 g/mol. The Labute approximate surface area is 188 Å². The third kappa shape index (κ3) is 5.01. The predicted molar refractivity (Wildman–Crippen MR) is 124 cm³/mol. The molecule has 2 aromatic carbocycles. The lowest BCUT2D eigenvalue weighted by molar-refractivity contribution is 0.628. The summed E-state index contributed by atoms with van der Waals surface area (Å²) in [7, 11) is 0. The highest BCUT2D eigenvalue weighted by molar-refractivity contribution is 6.44. The van der Waals surface area contributed by atoms with E-state index in [9.17, 15) is 4.39 Å². The minimum Gasteiger partial charge on any atom is -0.301 e. The summed E-state index contributed by atoms with van der Waals surface area (Å²) >= 11 is 6.02. The van der Waals surface area contributed by atoms with Crippen molar-refractivity contribution in [2.75, 3.05) is 16.3 Å². The second kappa shape index (κ2) is 9.43. The second-order valence-corrected chi connectivity index (χ2v) is 7.31. The molecule has 164 valence electrons. The van der Waals surface area contributed by atoms with E-state index >= 15 is 0 Å². The van der Waals surface area contributed by atoms with E-state index in [-0.39, 0.29) is 5.82 Å². The lowest BCUT2D eigenvalue weighted by Gasteiger charge is -2.10. The zero-order chi connectivity index (χ0) is 22.5. The summed E-state index contributed by atoms with van der Waals surface area (Å²) in [5.41, 5.74) is 15.6. The first-order chi connectivity index (χ1) is 15.5. The number of benzene rings is 2. The summed E-state index contributed by atoms with van der Waals surface area (Å²) in [6, 6.07) is 13.3. The van der Waals surface area contributed by atoms with Crippen molar-refractivity contribution >= 4 is 45.9 Å². The summed E-state index contributed by atoms with van der Waals surface area (Å²) in [6.07, 6.45) is -0.623. The van der Waals surface area contributed by atoms with Crippen LogP contribution in [0.15, 0.2) is 69.0 Å². The fraction of sp³-hybridized carbons (Fsp3) is 0.150. The van der Waals surface area contributed by atoms with Crippen LogP contribution < -0.4 is 21.7 Å². The molecule has 12 heteroatoms. The zero-order valence-electron chi connectivity index (χ0n) is 17.2. The zero-order valence-corrected chi connectivity index (χ0v) is 17.9. The molecule has 3 aromatic rings. The van der Waals surface area contributed by atoms with E-state index in [4.69, 9.17) is 11.6 Å². The van der Waals surface area contributed by atoms with E-state index in [0.717, 1.165) is 11.4 Å². The molecule has 0 bridgehead atoms. The number of aromatic nitrogens is 2. The number of H-pyrrole nitrogens is 1. The largest absolute Gasteiger partial charge is 0.301 e. The molecule has 2 heterocycles. The lowest BCUT2D eigenvalue weighted by Crippen LogP contribution is -2.27. The SMILES string of the molecule is CC1=NNC(N=Nc2n[nH]c(C)c2NNc2cccc(Cl)c2)C1=NNc1cccc(F)c1. The summed E-state index contributed by atoms with van der Waals surface area (Å²) in [6.45, 7) is 3.64. The van der Waals surface area contributed by atoms with Crippen molar-refractivity contribution < 1.29 is 4.39 Å². The Morgan fingerprint density at radius 3 is 2.69 bits per heavy atom. The monoisotopic (exact) mass is 454 g/mol. The molecule has 0 fully saturated rings. The van der Waals surface area contributed by atoms with Gasteiger partial charge in [0, 0.05) is 5.02 Å². The van der Waals surface area contributed by atoms with Crippen LogP contribution in [0.1, 0.15) is 12.6 Å². The molecular weight excluding hydrogens is 435 g/mol. The van der Waals surface area contributed by atoms with E-state index in [0.29, 0.717) is 33.6 Å². The van der Waals surface area contributed by atoms with Crippen LogP contribution in [0.3, 0.4) is 0 Å². The normalized spacial score (nSPS) is 16.8. The van der Waals surface area contributed by atoms with Gasteiger partial charge in [-0.05, 0) is 50.2 Å². The maximum Gasteiger partial charge on any atom is 0.220 e. The Bertz CT molecular complexity index is 1200. The number of aryl methyl sites for hydroxylation is 1. The fourth-order valence-electron chi connectivity index (χ4n) is 2.83. The van der Waals surface area contributed by atoms with Crippen molar-refractivity contribution in [3.63, 3.8) is 0 Å². The Hall–Kier alpha value is -3.99. The van der Waals surface area contributed by atoms with Crippen LogP contribution in [0.2, 0.25) is 5.02 Å². The van der Waals surface area contributed by atoms with Gasteiger partial charge in [0.25, 0.3) is 0 Å². The van der Waals surface area contributed by atoms with Crippen molar-refractivity contribution in [3.05, 3.63) is 65.1 Å². The molecule has 0 saturated carbocycles. The van der Waals surface area contributed by atoms with Gasteiger partial charge in [-0.15, -0.1) is 5.11 Å². The second-order valence-electron chi connectivity index (χ2n) is 6.87. The highest BCUT2D eigenvalue weighted by Gasteiger charge is 2.24. The number of hydrogen-bond donors (Lipinski definition) is 5. The number of hydrogen-bond acceptors (Lipinski definition) is 9. The smallest absolute Gasteiger partial charge is 0.220 e. The summed E-state index contributed by atoms with van der Waals surface area (Å²) in [4.78, 5) is 0. The van der Waals surface area contributed by atoms with E-state index in [1.165, 1.54) is 12.1 Å². The molecule has 4 rings (SSSR count).